The highest BCUT2D eigenvalue weighted by Gasteiger charge is 2.19. The molecule has 2 heteroatoms. The van der Waals surface area contributed by atoms with Crippen LogP contribution in [-0.2, 0) is 0 Å². The van der Waals surface area contributed by atoms with Gasteiger partial charge < -0.3 is 10.0 Å². The van der Waals surface area contributed by atoms with Crippen molar-refractivity contribution in [1.82, 2.24) is 4.90 Å². The molecule has 2 nitrogen and oxygen atoms in total. The van der Waals surface area contributed by atoms with Crippen molar-refractivity contribution in [3.8, 4) is 0 Å². The second-order valence-corrected chi connectivity index (χ2v) is 4.73. The van der Waals surface area contributed by atoms with Gasteiger partial charge in [0.2, 0.25) is 0 Å². The van der Waals surface area contributed by atoms with Crippen molar-refractivity contribution < 1.29 is 5.11 Å². The van der Waals surface area contributed by atoms with Gasteiger partial charge in [0.15, 0.2) is 0 Å². The van der Waals surface area contributed by atoms with Gasteiger partial charge in [0, 0.05) is 12.6 Å². The van der Waals surface area contributed by atoms with Gasteiger partial charge in [-0.3, -0.25) is 0 Å². The lowest BCUT2D eigenvalue weighted by atomic mass is 9.99. The third kappa shape index (κ3) is 4.98. The fourth-order valence-corrected chi connectivity index (χ4v) is 2.60. The summed E-state index contributed by atoms with van der Waals surface area (Å²) in [6.07, 6.45) is 10.3. The van der Waals surface area contributed by atoms with Crippen LogP contribution >= 0.6 is 0 Å². The summed E-state index contributed by atoms with van der Waals surface area (Å²) >= 11 is 0. The third-order valence-electron chi connectivity index (χ3n) is 3.57. The Morgan fingerprint density at radius 1 is 1.13 bits per heavy atom. The van der Waals surface area contributed by atoms with Crippen molar-refractivity contribution in [2.24, 2.45) is 0 Å². The van der Waals surface area contributed by atoms with Gasteiger partial charge in [0.1, 0.15) is 0 Å². The second-order valence-electron chi connectivity index (χ2n) is 4.73. The van der Waals surface area contributed by atoms with Crippen LogP contribution in [0, 0.1) is 0 Å². The average molecular weight is 213 g/mol. The highest BCUT2D eigenvalue weighted by atomic mass is 16.2. The van der Waals surface area contributed by atoms with E-state index in [-0.39, 0.29) is 0 Å². The van der Waals surface area contributed by atoms with E-state index >= 15 is 0 Å². The molecule has 1 saturated heterocycles. The van der Waals surface area contributed by atoms with E-state index in [1.165, 1.54) is 58.0 Å². The predicted octanol–water partition coefficient (Wildman–Crippen LogP) is 2.80. The molecule has 1 atom stereocenters. The first kappa shape index (κ1) is 13.0. The van der Waals surface area contributed by atoms with Crippen LogP contribution in [-0.4, -0.2) is 35.7 Å². The van der Waals surface area contributed by atoms with Gasteiger partial charge in [-0.1, -0.05) is 26.2 Å². The van der Waals surface area contributed by atoms with Crippen LogP contribution in [0.2, 0.25) is 0 Å². The minimum Gasteiger partial charge on any atom is -0.396 e. The van der Waals surface area contributed by atoms with Crippen molar-refractivity contribution >= 4 is 0 Å². The number of rotatable bonds is 7. The standard InChI is InChI=1S/C13H27NO/c1-2-13-9-5-7-11-14(13)10-6-3-4-8-12-15/h13,15H,2-12H2,1H3. The van der Waals surface area contributed by atoms with Gasteiger partial charge in [-0.05, 0) is 45.2 Å². The molecule has 0 bridgehead atoms. The number of nitrogens with zero attached hydrogens (tertiary/aromatic N) is 1. The Morgan fingerprint density at radius 3 is 2.67 bits per heavy atom. The lowest BCUT2D eigenvalue weighted by Crippen LogP contribution is -2.39. The molecule has 15 heavy (non-hydrogen) atoms. The summed E-state index contributed by atoms with van der Waals surface area (Å²) in [7, 11) is 0. The molecule has 1 aliphatic rings. The smallest absolute Gasteiger partial charge is 0.0431 e. The van der Waals surface area contributed by atoms with E-state index in [0.717, 1.165) is 12.5 Å². The van der Waals surface area contributed by atoms with Gasteiger partial charge in [-0.2, -0.15) is 0 Å². The zero-order valence-electron chi connectivity index (χ0n) is 10.2. The van der Waals surface area contributed by atoms with Gasteiger partial charge in [-0.25, -0.2) is 0 Å². The summed E-state index contributed by atoms with van der Waals surface area (Å²) in [4.78, 5) is 2.68. The third-order valence-corrected chi connectivity index (χ3v) is 3.57. The minimum absolute atomic E-state index is 0.362. The van der Waals surface area contributed by atoms with Crippen molar-refractivity contribution in [3.63, 3.8) is 0 Å². The maximum Gasteiger partial charge on any atom is 0.0431 e. The molecule has 1 aliphatic heterocycles. The molecule has 0 aliphatic carbocycles. The zero-order valence-corrected chi connectivity index (χ0v) is 10.2. The normalized spacial score (nSPS) is 23.2. The molecule has 1 N–H and O–H groups in total. The van der Waals surface area contributed by atoms with E-state index in [1.807, 2.05) is 0 Å². The predicted molar refractivity (Wildman–Crippen MR) is 65.1 cm³/mol. The maximum atomic E-state index is 8.68. The number of piperidine rings is 1. The van der Waals surface area contributed by atoms with Crippen LogP contribution in [0.1, 0.15) is 58.3 Å². The first-order valence-corrected chi connectivity index (χ1v) is 6.73. The number of hydrogen-bond donors (Lipinski definition) is 1. The molecule has 0 radical (unpaired) electrons. The first-order chi connectivity index (χ1) is 7.38. The summed E-state index contributed by atoms with van der Waals surface area (Å²) in [6.45, 7) is 5.28. The Morgan fingerprint density at radius 2 is 1.93 bits per heavy atom. The molecule has 0 saturated carbocycles. The van der Waals surface area contributed by atoms with E-state index in [9.17, 15) is 0 Å². The summed E-state index contributed by atoms with van der Waals surface area (Å²) < 4.78 is 0. The van der Waals surface area contributed by atoms with Crippen molar-refractivity contribution in [3.05, 3.63) is 0 Å². The van der Waals surface area contributed by atoms with Gasteiger partial charge in [0.25, 0.3) is 0 Å². The topological polar surface area (TPSA) is 23.5 Å². The average Bonchev–Trinajstić information content (AvgIpc) is 2.29. The van der Waals surface area contributed by atoms with E-state index < -0.39 is 0 Å². The van der Waals surface area contributed by atoms with Crippen LogP contribution in [0.15, 0.2) is 0 Å². The van der Waals surface area contributed by atoms with Gasteiger partial charge in [0.05, 0.1) is 0 Å². The first-order valence-electron chi connectivity index (χ1n) is 6.73. The van der Waals surface area contributed by atoms with Crippen molar-refractivity contribution in [2.75, 3.05) is 19.7 Å². The Balaban J connectivity index is 2.07. The maximum absolute atomic E-state index is 8.68. The fourth-order valence-electron chi connectivity index (χ4n) is 2.60. The van der Waals surface area contributed by atoms with Crippen LogP contribution in [0.5, 0.6) is 0 Å². The monoisotopic (exact) mass is 213 g/mol. The molecule has 0 spiro atoms. The van der Waals surface area contributed by atoms with Crippen LogP contribution in [0.25, 0.3) is 0 Å². The summed E-state index contributed by atoms with van der Waals surface area (Å²) in [5.74, 6) is 0. The molecule has 1 unspecified atom stereocenters. The highest BCUT2D eigenvalue weighted by molar-refractivity contribution is 4.75. The van der Waals surface area contributed by atoms with Gasteiger partial charge in [-0.15, -0.1) is 0 Å². The molecule has 0 amide bonds. The number of likely N-dealkylation sites (tertiary alicyclic amines) is 1. The molecule has 0 aromatic heterocycles. The summed E-state index contributed by atoms with van der Waals surface area (Å²) in [5, 5.41) is 8.68. The summed E-state index contributed by atoms with van der Waals surface area (Å²) in [5.41, 5.74) is 0. The largest absolute Gasteiger partial charge is 0.396 e. The number of aliphatic hydroxyl groups is 1. The van der Waals surface area contributed by atoms with Crippen LogP contribution in [0.3, 0.4) is 0 Å². The Hall–Kier alpha value is -0.0800. The highest BCUT2D eigenvalue weighted by Crippen LogP contribution is 2.19. The SMILES string of the molecule is CCC1CCCCN1CCCCCCO. The minimum atomic E-state index is 0.362. The molecule has 90 valence electrons. The van der Waals surface area contributed by atoms with Crippen LogP contribution < -0.4 is 0 Å². The quantitative estimate of drug-likeness (QED) is 0.657. The molecule has 0 aromatic rings. The Kier molecular flexibility index (Phi) is 7.03. The Bertz CT molecular complexity index is 149. The molecule has 1 fully saturated rings. The molecule has 1 heterocycles. The van der Waals surface area contributed by atoms with Crippen molar-refractivity contribution in [1.29, 1.82) is 0 Å². The van der Waals surface area contributed by atoms with Gasteiger partial charge >= 0.3 is 0 Å². The lowest BCUT2D eigenvalue weighted by Gasteiger charge is -2.35. The molecular formula is C13H27NO. The molecular weight excluding hydrogens is 186 g/mol. The fraction of sp³-hybridized carbons (Fsp3) is 1.00. The van der Waals surface area contributed by atoms with E-state index in [4.69, 9.17) is 5.11 Å². The summed E-state index contributed by atoms with van der Waals surface area (Å²) in [6, 6.07) is 0.858. The van der Waals surface area contributed by atoms with Crippen LogP contribution in [0.4, 0.5) is 0 Å². The van der Waals surface area contributed by atoms with E-state index in [2.05, 4.69) is 11.8 Å². The van der Waals surface area contributed by atoms with E-state index in [1.54, 1.807) is 0 Å². The number of unbranched alkanes of at least 4 members (excludes halogenated alkanes) is 3. The van der Waals surface area contributed by atoms with E-state index in [0.29, 0.717) is 6.61 Å². The Labute approximate surface area is 94.7 Å². The molecule has 0 aromatic carbocycles. The number of aliphatic hydroxyl groups excluding tert-OH is 1. The van der Waals surface area contributed by atoms with Crippen molar-refractivity contribution in [2.45, 2.75) is 64.3 Å². The molecule has 1 rings (SSSR count). The zero-order chi connectivity index (χ0) is 10.9. The number of hydrogen-bond acceptors (Lipinski definition) is 2. The second kappa shape index (κ2) is 8.12. The lowest BCUT2D eigenvalue weighted by molar-refractivity contribution is 0.141.